The molecule has 0 fully saturated rings. The van der Waals surface area contributed by atoms with Crippen LogP contribution in [0, 0.1) is 0 Å². The maximum Gasteiger partial charge on any atom is 0.289 e. The first-order chi connectivity index (χ1) is 6.64. The molecule has 0 bridgehead atoms. The van der Waals surface area contributed by atoms with Crippen molar-refractivity contribution in [3.63, 3.8) is 0 Å². The molecule has 0 saturated heterocycles. The molecule has 1 unspecified atom stereocenters. The minimum atomic E-state index is -2.84. The van der Waals surface area contributed by atoms with Crippen LogP contribution in [-0.2, 0) is 15.5 Å². The molecule has 1 aromatic carbocycles. The first-order valence-electron chi connectivity index (χ1n) is 4.61. The molecule has 0 spiro atoms. The summed E-state index contributed by atoms with van der Waals surface area (Å²) >= 11 is 5.62. The number of benzene rings is 1. The molecular formula is C10H14ClO2P. The van der Waals surface area contributed by atoms with Crippen LogP contribution in [0.3, 0.4) is 0 Å². The summed E-state index contributed by atoms with van der Waals surface area (Å²) in [4.78, 5) is 0. The molecule has 0 aliphatic rings. The van der Waals surface area contributed by atoms with E-state index in [1.165, 1.54) is 5.56 Å². The van der Waals surface area contributed by atoms with Crippen LogP contribution >= 0.6 is 18.0 Å². The Kier molecular flexibility index (Phi) is 4.67. The molecule has 0 saturated carbocycles. The Hall–Kier alpha value is -0.300. The van der Waals surface area contributed by atoms with Crippen molar-refractivity contribution in [3.05, 3.63) is 35.9 Å². The van der Waals surface area contributed by atoms with Crippen molar-refractivity contribution in [1.29, 1.82) is 0 Å². The quantitative estimate of drug-likeness (QED) is 0.724. The fourth-order valence-corrected chi connectivity index (χ4v) is 1.79. The van der Waals surface area contributed by atoms with Gasteiger partial charge in [-0.25, -0.2) is 0 Å². The van der Waals surface area contributed by atoms with Gasteiger partial charge in [-0.05, 0) is 23.2 Å². The van der Waals surface area contributed by atoms with Crippen LogP contribution in [0.5, 0.6) is 0 Å². The summed E-state index contributed by atoms with van der Waals surface area (Å²) < 4.78 is 16.4. The maximum absolute atomic E-state index is 11.3. The van der Waals surface area contributed by atoms with Gasteiger partial charge in [0.25, 0.3) is 6.72 Å². The summed E-state index contributed by atoms with van der Waals surface area (Å²) in [6, 6.07) is 9.91. The Morgan fingerprint density at radius 1 is 1.36 bits per heavy atom. The molecule has 14 heavy (non-hydrogen) atoms. The predicted molar refractivity (Wildman–Crippen MR) is 60.1 cm³/mol. The fraction of sp³-hybridized carbons (Fsp3) is 0.400. The average Bonchev–Trinajstić information content (AvgIpc) is 2.19. The lowest BCUT2D eigenvalue weighted by molar-refractivity contribution is 0.329. The van der Waals surface area contributed by atoms with Crippen LogP contribution in [0.25, 0.3) is 0 Å². The molecular weight excluding hydrogens is 219 g/mol. The van der Waals surface area contributed by atoms with E-state index < -0.39 is 6.72 Å². The van der Waals surface area contributed by atoms with Crippen molar-refractivity contribution >= 4 is 18.0 Å². The lowest BCUT2D eigenvalue weighted by atomic mass is 10.2. The molecule has 1 atom stereocenters. The summed E-state index contributed by atoms with van der Waals surface area (Å²) in [5, 5.41) is 0. The summed E-state index contributed by atoms with van der Waals surface area (Å²) in [6.07, 6.45) is 1.13. The molecule has 0 N–H and O–H groups in total. The van der Waals surface area contributed by atoms with E-state index in [4.69, 9.17) is 15.8 Å². The van der Waals surface area contributed by atoms with Gasteiger partial charge >= 0.3 is 0 Å². The van der Waals surface area contributed by atoms with E-state index >= 15 is 0 Å². The van der Waals surface area contributed by atoms with Gasteiger partial charge in [-0.2, -0.15) is 0 Å². The fourth-order valence-electron chi connectivity index (χ4n) is 1.04. The molecule has 0 aliphatic carbocycles. The van der Waals surface area contributed by atoms with Crippen molar-refractivity contribution in [1.82, 2.24) is 0 Å². The summed E-state index contributed by atoms with van der Waals surface area (Å²) in [5.74, 6) is 0. The highest BCUT2D eigenvalue weighted by Crippen LogP contribution is 2.51. The summed E-state index contributed by atoms with van der Waals surface area (Å²) in [6.45, 7) is -0.663. The van der Waals surface area contributed by atoms with Gasteiger partial charge < -0.3 is 4.52 Å². The van der Waals surface area contributed by atoms with Crippen molar-refractivity contribution in [2.24, 2.45) is 0 Å². The van der Waals surface area contributed by atoms with Crippen molar-refractivity contribution in [3.8, 4) is 0 Å². The smallest absolute Gasteiger partial charge is 0.289 e. The minimum absolute atomic E-state index is 0.378. The van der Waals surface area contributed by atoms with Crippen LogP contribution in [0.4, 0.5) is 0 Å². The minimum Gasteiger partial charge on any atom is -0.317 e. The molecule has 0 aromatic heterocycles. The molecule has 0 aliphatic heterocycles. The number of halogens is 1. The van der Waals surface area contributed by atoms with E-state index in [9.17, 15) is 4.57 Å². The zero-order valence-electron chi connectivity index (χ0n) is 8.15. The third-order valence-corrected chi connectivity index (χ3v) is 4.23. The van der Waals surface area contributed by atoms with E-state index in [1.54, 1.807) is 6.92 Å². The van der Waals surface area contributed by atoms with Gasteiger partial charge in [0.1, 0.15) is 0 Å². The second-order valence-corrected chi connectivity index (χ2v) is 6.59. The molecule has 1 aromatic rings. The van der Waals surface area contributed by atoms with E-state index in [0.717, 1.165) is 6.42 Å². The van der Waals surface area contributed by atoms with Gasteiger partial charge in [0, 0.05) is 6.16 Å². The SMILES string of the molecule is CCP(=O)(Cl)OCCc1ccccc1. The summed E-state index contributed by atoms with van der Waals surface area (Å²) in [7, 11) is 0. The van der Waals surface area contributed by atoms with Crippen LogP contribution in [0.15, 0.2) is 30.3 Å². The zero-order valence-corrected chi connectivity index (χ0v) is 9.80. The van der Waals surface area contributed by atoms with Crippen LogP contribution in [-0.4, -0.2) is 12.8 Å². The topological polar surface area (TPSA) is 26.3 Å². The Bertz CT molecular complexity index is 313. The zero-order chi connectivity index (χ0) is 10.4. The Morgan fingerprint density at radius 2 is 2.00 bits per heavy atom. The predicted octanol–water partition coefficient (Wildman–Crippen LogP) is 3.70. The average molecular weight is 233 g/mol. The van der Waals surface area contributed by atoms with Crippen molar-refractivity contribution in [2.75, 3.05) is 12.8 Å². The van der Waals surface area contributed by atoms with Gasteiger partial charge in [-0.3, -0.25) is 4.57 Å². The Labute approximate surface area is 89.5 Å². The van der Waals surface area contributed by atoms with Gasteiger partial charge in [0.2, 0.25) is 0 Å². The van der Waals surface area contributed by atoms with Crippen molar-refractivity contribution in [2.45, 2.75) is 13.3 Å². The molecule has 4 heteroatoms. The third kappa shape index (κ3) is 4.28. The molecule has 0 radical (unpaired) electrons. The molecule has 78 valence electrons. The summed E-state index contributed by atoms with van der Waals surface area (Å²) in [5.41, 5.74) is 1.17. The standard InChI is InChI=1S/C10H14ClO2P/c1-2-14(11,12)13-9-8-10-6-4-3-5-7-10/h3-7H,2,8-9H2,1H3. The van der Waals surface area contributed by atoms with E-state index in [2.05, 4.69) is 0 Å². The second kappa shape index (κ2) is 5.55. The second-order valence-electron chi connectivity index (χ2n) is 2.98. The van der Waals surface area contributed by atoms with Gasteiger partial charge in [0.05, 0.1) is 6.61 Å². The van der Waals surface area contributed by atoms with Gasteiger partial charge in [-0.1, -0.05) is 37.3 Å². The lowest BCUT2D eigenvalue weighted by Crippen LogP contribution is -1.95. The Morgan fingerprint density at radius 3 is 2.57 bits per heavy atom. The van der Waals surface area contributed by atoms with Crippen LogP contribution in [0.1, 0.15) is 12.5 Å². The molecule has 1 rings (SSSR count). The normalized spacial score (nSPS) is 15.0. The van der Waals surface area contributed by atoms with Gasteiger partial charge in [0.15, 0.2) is 0 Å². The highest BCUT2D eigenvalue weighted by atomic mass is 35.7. The van der Waals surface area contributed by atoms with E-state index in [-0.39, 0.29) is 0 Å². The number of hydrogen-bond donors (Lipinski definition) is 0. The van der Waals surface area contributed by atoms with E-state index in [1.807, 2.05) is 30.3 Å². The first-order valence-corrected chi connectivity index (χ1v) is 7.33. The highest BCUT2D eigenvalue weighted by Gasteiger charge is 2.15. The monoisotopic (exact) mass is 232 g/mol. The largest absolute Gasteiger partial charge is 0.317 e. The van der Waals surface area contributed by atoms with Crippen LogP contribution in [0.2, 0.25) is 0 Å². The highest BCUT2D eigenvalue weighted by molar-refractivity contribution is 7.85. The van der Waals surface area contributed by atoms with Gasteiger partial charge in [-0.15, -0.1) is 0 Å². The third-order valence-electron chi connectivity index (χ3n) is 1.90. The van der Waals surface area contributed by atoms with Crippen LogP contribution < -0.4 is 0 Å². The molecule has 0 amide bonds. The maximum atomic E-state index is 11.3. The number of rotatable bonds is 5. The molecule has 0 heterocycles. The number of hydrogen-bond acceptors (Lipinski definition) is 2. The van der Waals surface area contributed by atoms with Crippen molar-refractivity contribution < 1.29 is 9.09 Å². The molecule has 2 nitrogen and oxygen atoms in total. The lowest BCUT2D eigenvalue weighted by Gasteiger charge is -2.08. The van der Waals surface area contributed by atoms with E-state index in [0.29, 0.717) is 12.8 Å². The Balaban J connectivity index is 2.33. The first kappa shape index (κ1) is 11.8.